The average Bonchev–Trinajstić information content (AvgIpc) is 2.40. The molecule has 8 heteroatoms. The van der Waals surface area contributed by atoms with E-state index in [1.165, 1.54) is 6.07 Å². The Kier molecular flexibility index (Phi) is 5.85. The summed E-state index contributed by atoms with van der Waals surface area (Å²) in [6.07, 6.45) is -1.67. The third kappa shape index (κ3) is 5.19. The van der Waals surface area contributed by atoms with Gasteiger partial charge in [-0.3, -0.25) is 0 Å². The highest BCUT2D eigenvalue weighted by molar-refractivity contribution is 5.74. The lowest BCUT2D eigenvalue weighted by Gasteiger charge is -2.09. The van der Waals surface area contributed by atoms with Gasteiger partial charge in [0.2, 0.25) is 0 Å². The second-order valence-electron chi connectivity index (χ2n) is 4.00. The number of aliphatic hydroxyl groups excluding tert-OH is 1. The number of urea groups is 1. The molecule has 1 aromatic rings. The predicted octanol–water partition coefficient (Wildman–Crippen LogP) is 0.600. The van der Waals surface area contributed by atoms with Gasteiger partial charge in [0.1, 0.15) is 0 Å². The van der Waals surface area contributed by atoms with Crippen LogP contribution in [0.1, 0.15) is 12.0 Å². The smallest absolute Gasteiger partial charge is 0.332 e. The highest BCUT2D eigenvalue weighted by Crippen LogP contribution is 2.08. The summed E-state index contributed by atoms with van der Waals surface area (Å²) in [5, 5.41) is 22.1. The maximum atomic E-state index is 12.9. The van der Waals surface area contributed by atoms with E-state index in [9.17, 15) is 18.4 Å². The van der Waals surface area contributed by atoms with Crippen molar-refractivity contribution in [3.05, 3.63) is 35.4 Å². The quantitative estimate of drug-likeness (QED) is 0.616. The first-order chi connectivity index (χ1) is 9.40. The summed E-state index contributed by atoms with van der Waals surface area (Å²) < 4.78 is 25.5. The van der Waals surface area contributed by atoms with Gasteiger partial charge in [0.05, 0.1) is 0 Å². The maximum absolute atomic E-state index is 12.9. The van der Waals surface area contributed by atoms with Crippen LogP contribution in [0.3, 0.4) is 0 Å². The van der Waals surface area contributed by atoms with Crippen LogP contribution in [0.2, 0.25) is 0 Å². The Bertz CT molecular complexity index is 496. The van der Waals surface area contributed by atoms with Gasteiger partial charge < -0.3 is 20.8 Å². The largest absolute Gasteiger partial charge is 0.479 e. The minimum Gasteiger partial charge on any atom is -0.479 e. The van der Waals surface area contributed by atoms with E-state index in [4.69, 9.17) is 10.2 Å². The summed E-state index contributed by atoms with van der Waals surface area (Å²) in [7, 11) is 0. The number of carboxylic acids is 1. The van der Waals surface area contributed by atoms with Crippen molar-refractivity contribution >= 4 is 12.0 Å². The van der Waals surface area contributed by atoms with Gasteiger partial charge in [-0.25, -0.2) is 18.4 Å². The number of aliphatic hydroxyl groups is 1. The third-order valence-electron chi connectivity index (χ3n) is 2.43. The molecule has 0 aromatic heterocycles. The topological polar surface area (TPSA) is 98.7 Å². The number of benzene rings is 1. The van der Waals surface area contributed by atoms with Crippen molar-refractivity contribution < 1.29 is 28.6 Å². The molecule has 1 rings (SSSR count). The fourth-order valence-corrected chi connectivity index (χ4v) is 1.34. The molecular formula is C12H14F2N2O4. The molecule has 0 aliphatic rings. The highest BCUT2D eigenvalue weighted by Gasteiger charge is 2.12. The number of aliphatic carboxylic acids is 1. The summed E-state index contributed by atoms with van der Waals surface area (Å²) in [4.78, 5) is 21.6. The number of carbonyl (C=O) groups excluding carboxylic acids is 1. The molecule has 0 heterocycles. The first-order valence-corrected chi connectivity index (χ1v) is 5.76. The lowest BCUT2D eigenvalue weighted by Crippen LogP contribution is -2.37. The molecule has 0 saturated heterocycles. The molecule has 0 aliphatic heterocycles. The third-order valence-corrected chi connectivity index (χ3v) is 2.43. The molecule has 4 N–H and O–H groups in total. The molecule has 0 aliphatic carbocycles. The van der Waals surface area contributed by atoms with E-state index in [-0.39, 0.29) is 19.5 Å². The van der Waals surface area contributed by atoms with Crippen LogP contribution in [0.15, 0.2) is 18.2 Å². The minimum atomic E-state index is -1.54. The predicted molar refractivity (Wildman–Crippen MR) is 64.9 cm³/mol. The van der Waals surface area contributed by atoms with E-state index in [0.717, 1.165) is 12.1 Å². The zero-order valence-electron chi connectivity index (χ0n) is 10.4. The lowest BCUT2D eigenvalue weighted by molar-refractivity contribution is -0.146. The Morgan fingerprint density at radius 3 is 2.50 bits per heavy atom. The van der Waals surface area contributed by atoms with Crippen LogP contribution in [0, 0.1) is 11.6 Å². The van der Waals surface area contributed by atoms with Crippen molar-refractivity contribution in [3.8, 4) is 0 Å². The van der Waals surface area contributed by atoms with Crippen molar-refractivity contribution in [2.75, 3.05) is 6.54 Å². The monoisotopic (exact) mass is 288 g/mol. The van der Waals surface area contributed by atoms with E-state index >= 15 is 0 Å². The number of carbonyl (C=O) groups is 2. The van der Waals surface area contributed by atoms with Crippen LogP contribution in [-0.2, 0) is 11.3 Å². The van der Waals surface area contributed by atoms with Crippen LogP contribution < -0.4 is 10.6 Å². The first-order valence-electron chi connectivity index (χ1n) is 5.76. The number of halogens is 2. The second kappa shape index (κ2) is 7.39. The van der Waals surface area contributed by atoms with E-state index in [1.807, 2.05) is 0 Å². The number of hydrogen-bond acceptors (Lipinski definition) is 3. The molecule has 0 fully saturated rings. The van der Waals surface area contributed by atoms with Crippen molar-refractivity contribution in [1.82, 2.24) is 10.6 Å². The van der Waals surface area contributed by atoms with Gasteiger partial charge in [-0.05, 0) is 17.7 Å². The molecule has 0 radical (unpaired) electrons. The number of carboxylic acid groups (broad SMARTS) is 1. The molecule has 1 unspecified atom stereocenters. The summed E-state index contributed by atoms with van der Waals surface area (Å²) in [5.41, 5.74) is 0.379. The number of amides is 2. The Labute approximate surface area is 113 Å². The molecule has 1 aromatic carbocycles. The van der Waals surface area contributed by atoms with Crippen LogP contribution >= 0.6 is 0 Å². The van der Waals surface area contributed by atoms with E-state index in [2.05, 4.69) is 10.6 Å². The summed E-state index contributed by atoms with van der Waals surface area (Å²) in [5.74, 6) is -3.34. The van der Waals surface area contributed by atoms with Crippen LogP contribution in [-0.4, -0.2) is 34.9 Å². The molecule has 110 valence electrons. The van der Waals surface area contributed by atoms with Gasteiger partial charge in [-0.2, -0.15) is 0 Å². The number of rotatable bonds is 6. The van der Waals surface area contributed by atoms with Gasteiger partial charge in [0, 0.05) is 19.5 Å². The van der Waals surface area contributed by atoms with E-state index in [1.54, 1.807) is 0 Å². The molecule has 0 saturated carbocycles. The Balaban J connectivity index is 2.29. The SMILES string of the molecule is O=C(NCCC(O)C(=O)O)NCc1ccc(F)c(F)c1. The number of nitrogens with one attached hydrogen (secondary N) is 2. The fraction of sp³-hybridized carbons (Fsp3) is 0.333. The van der Waals surface area contributed by atoms with E-state index in [0.29, 0.717) is 5.56 Å². The van der Waals surface area contributed by atoms with Gasteiger partial charge >= 0.3 is 12.0 Å². The molecule has 1 atom stereocenters. The summed E-state index contributed by atoms with van der Waals surface area (Å²) in [6.45, 7) is -0.0401. The molecule has 2 amide bonds. The molecule has 20 heavy (non-hydrogen) atoms. The Morgan fingerprint density at radius 2 is 1.90 bits per heavy atom. The molecular weight excluding hydrogens is 274 g/mol. The van der Waals surface area contributed by atoms with Crippen molar-refractivity contribution in [2.45, 2.75) is 19.1 Å². The van der Waals surface area contributed by atoms with Gasteiger partial charge in [-0.15, -0.1) is 0 Å². The molecule has 6 nitrogen and oxygen atoms in total. The summed E-state index contributed by atoms with van der Waals surface area (Å²) >= 11 is 0. The lowest BCUT2D eigenvalue weighted by atomic mass is 10.2. The van der Waals surface area contributed by atoms with Gasteiger partial charge in [-0.1, -0.05) is 6.07 Å². The number of hydrogen-bond donors (Lipinski definition) is 4. The van der Waals surface area contributed by atoms with Crippen molar-refractivity contribution in [1.29, 1.82) is 0 Å². The van der Waals surface area contributed by atoms with Gasteiger partial charge in [0.25, 0.3) is 0 Å². The van der Waals surface area contributed by atoms with E-state index < -0.39 is 29.7 Å². The highest BCUT2D eigenvalue weighted by atomic mass is 19.2. The molecule has 0 spiro atoms. The van der Waals surface area contributed by atoms with Gasteiger partial charge in [0.15, 0.2) is 17.7 Å². The minimum absolute atomic E-state index is 0.00941. The average molecular weight is 288 g/mol. The zero-order valence-corrected chi connectivity index (χ0v) is 10.4. The normalized spacial score (nSPS) is 11.8. The fourth-order valence-electron chi connectivity index (χ4n) is 1.34. The second-order valence-corrected chi connectivity index (χ2v) is 4.00. The standard InChI is InChI=1S/C12H14F2N2O4/c13-8-2-1-7(5-9(8)14)6-16-12(20)15-4-3-10(17)11(18)19/h1-2,5,10,17H,3-4,6H2,(H,18,19)(H2,15,16,20). The maximum Gasteiger partial charge on any atom is 0.332 e. The van der Waals surface area contributed by atoms with Crippen LogP contribution in [0.25, 0.3) is 0 Å². The summed E-state index contributed by atoms with van der Waals surface area (Å²) in [6, 6.07) is 2.64. The Hall–Kier alpha value is -2.22. The van der Waals surface area contributed by atoms with Crippen molar-refractivity contribution in [3.63, 3.8) is 0 Å². The van der Waals surface area contributed by atoms with Crippen LogP contribution in [0.4, 0.5) is 13.6 Å². The first kappa shape index (κ1) is 15.8. The molecule has 0 bridgehead atoms. The van der Waals surface area contributed by atoms with Crippen molar-refractivity contribution in [2.24, 2.45) is 0 Å². The van der Waals surface area contributed by atoms with Crippen LogP contribution in [0.5, 0.6) is 0 Å². The Morgan fingerprint density at radius 1 is 1.20 bits per heavy atom. The zero-order chi connectivity index (χ0) is 15.1.